The number of carbonyl (C=O) groups is 1. The highest BCUT2D eigenvalue weighted by Crippen LogP contribution is 2.33. The number of anilines is 1. The zero-order valence-corrected chi connectivity index (χ0v) is 12.7. The van der Waals surface area contributed by atoms with E-state index >= 15 is 0 Å². The van der Waals surface area contributed by atoms with Gasteiger partial charge in [0.15, 0.2) is 0 Å². The highest BCUT2D eigenvalue weighted by molar-refractivity contribution is 9.10. The van der Waals surface area contributed by atoms with E-state index in [1.807, 2.05) is 6.07 Å². The molecule has 1 amide bonds. The first-order valence-corrected chi connectivity index (χ1v) is 7.24. The molecular weight excluding hydrogens is 345 g/mol. The number of hydrogen-bond acceptors (Lipinski definition) is 1. The quantitative estimate of drug-likeness (QED) is 0.786. The molecule has 1 aliphatic rings. The Hall–Kier alpha value is -1.39. The van der Waals surface area contributed by atoms with E-state index in [2.05, 4.69) is 15.9 Å². The minimum Gasteiger partial charge on any atom is -0.307 e. The third kappa shape index (κ3) is 2.45. The number of rotatable bonds is 2. The van der Waals surface area contributed by atoms with Crippen LogP contribution in [0.15, 0.2) is 40.9 Å². The van der Waals surface area contributed by atoms with E-state index in [4.69, 9.17) is 11.6 Å². The number of halogens is 3. The van der Waals surface area contributed by atoms with Gasteiger partial charge in [-0.25, -0.2) is 4.39 Å². The van der Waals surface area contributed by atoms with Gasteiger partial charge in [-0.3, -0.25) is 4.79 Å². The molecule has 0 bridgehead atoms. The van der Waals surface area contributed by atoms with Crippen LogP contribution in [0.4, 0.5) is 10.1 Å². The van der Waals surface area contributed by atoms with Crippen molar-refractivity contribution in [2.75, 3.05) is 4.90 Å². The molecule has 0 radical (unpaired) electrons. The summed E-state index contributed by atoms with van der Waals surface area (Å²) in [7, 11) is 0. The summed E-state index contributed by atoms with van der Waals surface area (Å²) in [6, 6.07) is 9.91. The molecule has 0 aliphatic carbocycles. The molecule has 2 nitrogen and oxygen atoms in total. The summed E-state index contributed by atoms with van der Waals surface area (Å²) in [5.74, 6) is -0.282. The highest BCUT2D eigenvalue weighted by atomic mass is 79.9. The first kappa shape index (κ1) is 13.6. The summed E-state index contributed by atoms with van der Waals surface area (Å²) in [5, 5.41) is 0.599. The molecule has 2 aromatic carbocycles. The molecule has 0 N–H and O–H groups in total. The Morgan fingerprint density at radius 3 is 2.80 bits per heavy atom. The van der Waals surface area contributed by atoms with Gasteiger partial charge in [0, 0.05) is 15.2 Å². The average Bonchev–Trinajstić information content (AvgIpc) is 2.69. The molecule has 0 spiro atoms. The maximum atomic E-state index is 13.1. The zero-order valence-electron chi connectivity index (χ0n) is 10.4. The minimum atomic E-state index is -0.309. The Labute approximate surface area is 129 Å². The van der Waals surface area contributed by atoms with Crippen LogP contribution in [0.2, 0.25) is 5.02 Å². The number of carbonyl (C=O) groups excluding carboxylic acids is 1. The fraction of sp³-hybridized carbons (Fsp3) is 0.133. The monoisotopic (exact) mass is 353 g/mol. The molecule has 0 fully saturated rings. The van der Waals surface area contributed by atoms with Gasteiger partial charge >= 0.3 is 0 Å². The predicted octanol–water partition coefficient (Wildman–Crippen LogP) is 4.33. The van der Waals surface area contributed by atoms with Gasteiger partial charge in [-0.15, -0.1) is 0 Å². The van der Waals surface area contributed by atoms with Crippen LogP contribution in [0.1, 0.15) is 11.1 Å². The third-order valence-corrected chi connectivity index (χ3v) is 4.30. The van der Waals surface area contributed by atoms with Gasteiger partial charge in [-0.2, -0.15) is 0 Å². The van der Waals surface area contributed by atoms with Crippen molar-refractivity contribution in [3.8, 4) is 0 Å². The molecule has 20 heavy (non-hydrogen) atoms. The van der Waals surface area contributed by atoms with E-state index in [-0.39, 0.29) is 11.7 Å². The zero-order chi connectivity index (χ0) is 14.3. The summed E-state index contributed by atoms with van der Waals surface area (Å²) in [6.45, 7) is 0.396. The fourth-order valence-electron chi connectivity index (χ4n) is 2.32. The maximum Gasteiger partial charge on any atom is 0.231 e. The lowest BCUT2D eigenvalue weighted by atomic mass is 10.1. The second-order valence-electron chi connectivity index (χ2n) is 4.67. The van der Waals surface area contributed by atoms with Gasteiger partial charge in [0.05, 0.1) is 13.0 Å². The summed E-state index contributed by atoms with van der Waals surface area (Å²) < 4.78 is 13.8. The van der Waals surface area contributed by atoms with Crippen molar-refractivity contribution < 1.29 is 9.18 Å². The van der Waals surface area contributed by atoms with Crippen LogP contribution in [-0.2, 0) is 17.8 Å². The van der Waals surface area contributed by atoms with E-state index in [0.29, 0.717) is 22.5 Å². The van der Waals surface area contributed by atoms with Crippen molar-refractivity contribution in [2.24, 2.45) is 0 Å². The van der Waals surface area contributed by atoms with Crippen molar-refractivity contribution in [2.45, 2.75) is 13.0 Å². The highest BCUT2D eigenvalue weighted by Gasteiger charge is 2.27. The van der Waals surface area contributed by atoms with Crippen molar-refractivity contribution in [1.29, 1.82) is 0 Å². The third-order valence-electron chi connectivity index (χ3n) is 3.32. The normalized spacial score (nSPS) is 13.8. The van der Waals surface area contributed by atoms with Crippen LogP contribution in [-0.4, -0.2) is 5.91 Å². The van der Waals surface area contributed by atoms with E-state index in [9.17, 15) is 9.18 Å². The lowest BCUT2D eigenvalue weighted by molar-refractivity contribution is -0.117. The van der Waals surface area contributed by atoms with Gasteiger partial charge in [-0.05, 0) is 35.4 Å². The van der Waals surface area contributed by atoms with Crippen LogP contribution in [0.25, 0.3) is 0 Å². The van der Waals surface area contributed by atoms with Gasteiger partial charge in [0.1, 0.15) is 5.82 Å². The molecule has 1 heterocycles. The summed E-state index contributed by atoms with van der Waals surface area (Å²) in [4.78, 5) is 13.8. The summed E-state index contributed by atoms with van der Waals surface area (Å²) >= 11 is 9.32. The van der Waals surface area contributed by atoms with Crippen LogP contribution in [0.5, 0.6) is 0 Å². The Morgan fingerprint density at radius 2 is 2.05 bits per heavy atom. The molecule has 1 aliphatic heterocycles. The van der Waals surface area contributed by atoms with Crippen molar-refractivity contribution >= 4 is 39.1 Å². The molecule has 102 valence electrons. The van der Waals surface area contributed by atoms with Gasteiger partial charge in [-0.1, -0.05) is 39.7 Å². The SMILES string of the molecule is O=C1Cc2ccc(Cl)cc2N1Cc1ccc(F)cc1Br. The number of hydrogen-bond donors (Lipinski definition) is 0. The molecular formula is C15H10BrClFNO. The Morgan fingerprint density at radius 1 is 1.25 bits per heavy atom. The number of amides is 1. The summed E-state index contributed by atoms with van der Waals surface area (Å²) in [5.41, 5.74) is 2.66. The Balaban J connectivity index is 1.95. The molecule has 0 aromatic heterocycles. The van der Waals surface area contributed by atoms with Crippen LogP contribution in [0, 0.1) is 5.82 Å². The number of benzene rings is 2. The molecule has 5 heteroatoms. The minimum absolute atomic E-state index is 0.0264. The molecule has 0 saturated heterocycles. The second-order valence-corrected chi connectivity index (χ2v) is 5.96. The first-order chi connectivity index (χ1) is 9.54. The molecule has 2 aromatic rings. The van der Waals surface area contributed by atoms with E-state index in [1.165, 1.54) is 12.1 Å². The largest absolute Gasteiger partial charge is 0.307 e. The topological polar surface area (TPSA) is 20.3 Å². The van der Waals surface area contributed by atoms with Crippen LogP contribution >= 0.6 is 27.5 Å². The van der Waals surface area contributed by atoms with Gasteiger partial charge in [0.2, 0.25) is 5.91 Å². The van der Waals surface area contributed by atoms with Gasteiger partial charge in [0.25, 0.3) is 0 Å². The van der Waals surface area contributed by atoms with Crippen LogP contribution in [0.3, 0.4) is 0 Å². The maximum absolute atomic E-state index is 13.1. The molecule has 0 unspecified atom stereocenters. The van der Waals surface area contributed by atoms with Crippen molar-refractivity contribution in [3.05, 3.63) is 62.8 Å². The van der Waals surface area contributed by atoms with Gasteiger partial charge < -0.3 is 4.90 Å². The lowest BCUT2D eigenvalue weighted by Gasteiger charge is -2.18. The second kappa shape index (κ2) is 5.19. The van der Waals surface area contributed by atoms with Crippen molar-refractivity contribution in [1.82, 2.24) is 0 Å². The molecule has 0 saturated carbocycles. The first-order valence-electron chi connectivity index (χ1n) is 6.07. The van der Waals surface area contributed by atoms with E-state index in [0.717, 1.165) is 16.8 Å². The standard InChI is InChI=1S/C15H10BrClFNO/c16-13-7-12(18)4-2-10(13)8-19-14-6-11(17)3-1-9(14)5-15(19)20/h1-4,6-7H,5,8H2. The predicted molar refractivity (Wildman–Crippen MR) is 80.4 cm³/mol. The average molecular weight is 355 g/mol. The Bertz CT molecular complexity index is 704. The Kier molecular flexibility index (Phi) is 3.52. The van der Waals surface area contributed by atoms with Crippen molar-refractivity contribution in [3.63, 3.8) is 0 Å². The van der Waals surface area contributed by atoms with E-state index < -0.39 is 0 Å². The summed E-state index contributed by atoms with van der Waals surface area (Å²) in [6.07, 6.45) is 0.380. The fourth-order valence-corrected chi connectivity index (χ4v) is 2.97. The molecule has 0 atom stereocenters. The smallest absolute Gasteiger partial charge is 0.231 e. The number of nitrogens with zero attached hydrogens (tertiary/aromatic N) is 1. The van der Waals surface area contributed by atoms with E-state index in [1.54, 1.807) is 23.1 Å². The van der Waals surface area contributed by atoms with Crippen LogP contribution < -0.4 is 4.90 Å². The lowest BCUT2D eigenvalue weighted by Crippen LogP contribution is -2.26. The molecule has 3 rings (SSSR count). The number of fused-ring (bicyclic) bond motifs is 1.